The summed E-state index contributed by atoms with van der Waals surface area (Å²) in [5.74, 6) is 0.0486. The molecule has 128 valence electrons. The quantitative estimate of drug-likeness (QED) is 0.599. The van der Waals surface area contributed by atoms with Gasteiger partial charge in [0.05, 0.1) is 12.3 Å². The van der Waals surface area contributed by atoms with E-state index < -0.39 is 6.10 Å². The SMILES string of the molecule is CC1(C)C(C(=O)OC2C=C(Cc3ccccc3)C(=O)C2)C1(C)CCl. The number of hydrogen-bond acceptors (Lipinski definition) is 3. The molecule has 1 aromatic carbocycles. The van der Waals surface area contributed by atoms with Crippen LogP contribution < -0.4 is 0 Å². The lowest BCUT2D eigenvalue weighted by molar-refractivity contribution is -0.150. The Balaban J connectivity index is 1.65. The summed E-state index contributed by atoms with van der Waals surface area (Å²) < 4.78 is 5.61. The second-order valence-corrected chi connectivity index (χ2v) is 7.93. The Bertz CT molecular complexity index is 692. The lowest BCUT2D eigenvalue weighted by Crippen LogP contribution is -2.19. The van der Waals surface area contributed by atoms with E-state index in [9.17, 15) is 9.59 Å². The number of hydrogen-bond donors (Lipinski definition) is 0. The minimum absolute atomic E-state index is 0.0619. The van der Waals surface area contributed by atoms with E-state index in [1.165, 1.54) is 0 Å². The van der Waals surface area contributed by atoms with Crippen molar-refractivity contribution in [3.63, 3.8) is 0 Å². The van der Waals surface area contributed by atoms with E-state index in [1.807, 2.05) is 51.1 Å². The number of carbonyl (C=O) groups is 2. The van der Waals surface area contributed by atoms with E-state index in [1.54, 1.807) is 6.08 Å². The zero-order valence-electron chi connectivity index (χ0n) is 14.3. The van der Waals surface area contributed by atoms with Gasteiger partial charge in [-0.25, -0.2) is 0 Å². The van der Waals surface area contributed by atoms with Gasteiger partial charge in [0, 0.05) is 17.7 Å². The minimum atomic E-state index is -0.445. The topological polar surface area (TPSA) is 43.4 Å². The van der Waals surface area contributed by atoms with Gasteiger partial charge in [-0.05, 0) is 22.6 Å². The summed E-state index contributed by atoms with van der Waals surface area (Å²) in [5, 5.41) is 0. The van der Waals surface area contributed by atoms with Gasteiger partial charge in [-0.3, -0.25) is 9.59 Å². The van der Waals surface area contributed by atoms with Crippen molar-refractivity contribution in [2.75, 3.05) is 5.88 Å². The Morgan fingerprint density at radius 2 is 1.92 bits per heavy atom. The first-order chi connectivity index (χ1) is 11.3. The van der Waals surface area contributed by atoms with Crippen LogP contribution in [0.15, 0.2) is 42.0 Å². The Labute approximate surface area is 148 Å². The standard InChI is InChI=1S/C20H23ClO3/c1-19(2)17(20(19,3)12-21)18(23)24-15-10-14(16(22)11-15)9-13-7-5-4-6-8-13/h4-8,10,15,17H,9,11-12H2,1-3H3. The van der Waals surface area contributed by atoms with Crippen LogP contribution in [0.1, 0.15) is 32.8 Å². The molecule has 24 heavy (non-hydrogen) atoms. The zero-order chi connectivity index (χ0) is 17.5. The number of Topliss-reactive ketones (excluding diaryl/α,β-unsaturated/α-hetero) is 1. The smallest absolute Gasteiger partial charge is 0.310 e. The first-order valence-electron chi connectivity index (χ1n) is 8.34. The van der Waals surface area contributed by atoms with Crippen molar-refractivity contribution in [2.24, 2.45) is 16.7 Å². The number of allylic oxidation sites excluding steroid dienone is 1. The zero-order valence-corrected chi connectivity index (χ0v) is 15.1. The third-order valence-electron chi connectivity index (χ3n) is 5.90. The summed E-state index contributed by atoms with van der Waals surface area (Å²) in [6, 6.07) is 9.84. The van der Waals surface area contributed by atoms with Gasteiger partial charge in [0.15, 0.2) is 5.78 Å². The largest absolute Gasteiger partial charge is 0.457 e. The molecule has 0 heterocycles. The molecule has 0 aromatic heterocycles. The maximum absolute atomic E-state index is 12.5. The minimum Gasteiger partial charge on any atom is -0.457 e. The summed E-state index contributed by atoms with van der Waals surface area (Å²) in [6.45, 7) is 6.10. The number of carbonyl (C=O) groups excluding carboxylic acids is 2. The molecule has 4 heteroatoms. The molecule has 0 radical (unpaired) electrons. The number of ether oxygens (including phenoxy) is 1. The van der Waals surface area contributed by atoms with Crippen molar-refractivity contribution in [1.82, 2.24) is 0 Å². The fraction of sp³-hybridized carbons (Fsp3) is 0.500. The van der Waals surface area contributed by atoms with Crippen LogP contribution >= 0.6 is 11.6 Å². The van der Waals surface area contributed by atoms with Gasteiger partial charge in [-0.1, -0.05) is 51.1 Å². The van der Waals surface area contributed by atoms with Gasteiger partial charge in [0.2, 0.25) is 0 Å². The van der Waals surface area contributed by atoms with Crippen molar-refractivity contribution >= 4 is 23.4 Å². The van der Waals surface area contributed by atoms with Crippen LogP contribution in [0, 0.1) is 16.7 Å². The Morgan fingerprint density at radius 3 is 2.50 bits per heavy atom. The monoisotopic (exact) mass is 346 g/mol. The number of esters is 1. The molecule has 1 fully saturated rings. The molecule has 2 aliphatic carbocycles. The van der Waals surface area contributed by atoms with Gasteiger partial charge in [0.1, 0.15) is 6.10 Å². The first-order valence-corrected chi connectivity index (χ1v) is 8.87. The van der Waals surface area contributed by atoms with E-state index in [0.717, 1.165) is 11.1 Å². The third-order valence-corrected chi connectivity index (χ3v) is 6.45. The van der Waals surface area contributed by atoms with Gasteiger partial charge in [0.25, 0.3) is 0 Å². The van der Waals surface area contributed by atoms with Crippen LogP contribution in [-0.2, 0) is 20.7 Å². The number of alkyl halides is 1. The van der Waals surface area contributed by atoms with Crippen molar-refractivity contribution < 1.29 is 14.3 Å². The van der Waals surface area contributed by atoms with Gasteiger partial charge in [-0.15, -0.1) is 11.6 Å². The summed E-state index contributed by atoms with van der Waals surface area (Å²) in [4.78, 5) is 24.7. The third kappa shape index (κ3) is 2.79. The second kappa shape index (κ2) is 6.03. The molecule has 0 saturated heterocycles. The molecule has 0 aliphatic heterocycles. The molecule has 0 spiro atoms. The van der Waals surface area contributed by atoms with Crippen LogP contribution in [-0.4, -0.2) is 23.7 Å². The summed E-state index contributed by atoms with van der Waals surface area (Å²) in [7, 11) is 0. The molecule has 3 rings (SSSR count). The highest BCUT2D eigenvalue weighted by molar-refractivity contribution is 6.19. The highest BCUT2D eigenvalue weighted by Gasteiger charge is 2.71. The van der Waals surface area contributed by atoms with Crippen molar-refractivity contribution in [2.45, 2.75) is 39.7 Å². The van der Waals surface area contributed by atoms with E-state index in [-0.39, 0.29) is 34.9 Å². The first kappa shape index (κ1) is 17.2. The Hall–Kier alpha value is -1.61. The molecule has 0 amide bonds. The molecule has 0 N–H and O–H groups in total. The molecule has 2 aliphatic rings. The number of benzene rings is 1. The summed E-state index contributed by atoms with van der Waals surface area (Å²) in [6.07, 6.45) is 2.20. The Morgan fingerprint density at radius 1 is 1.25 bits per heavy atom. The average Bonchev–Trinajstić information content (AvgIpc) is 2.79. The average molecular weight is 347 g/mol. The molecule has 3 unspecified atom stereocenters. The van der Waals surface area contributed by atoms with Crippen LogP contribution in [0.3, 0.4) is 0 Å². The van der Waals surface area contributed by atoms with Gasteiger partial charge in [-0.2, -0.15) is 0 Å². The number of rotatable bonds is 5. The predicted octanol–water partition coefficient (Wildman–Crippen LogP) is 3.94. The predicted molar refractivity (Wildman–Crippen MR) is 93.8 cm³/mol. The van der Waals surface area contributed by atoms with Crippen LogP contribution in [0.2, 0.25) is 0 Å². The highest BCUT2D eigenvalue weighted by atomic mass is 35.5. The molecule has 0 bridgehead atoms. The van der Waals surface area contributed by atoms with Crippen LogP contribution in [0.5, 0.6) is 0 Å². The van der Waals surface area contributed by atoms with Crippen LogP contribution in [0.4, 0.5) is 0 Å². The molecule has 3 nitrogen and oxygen atoms in total. The molecule has 1 aromatic rings. The van der Waals surface area contributed by atoms with Crippen LogP contribution in [0.25, 0.3) is 0 Å². The fourth-order valence-corrected chi connectivity index (χ4v) is 4.33. The van der Waals surface area contributed by atoms with Gasteiger partial charge >= 0.3 is 5.97 Å². The van der Waals surface area contributed by atoms with E-state index >= 15 is 0 Å². The van der Waals surface area contributed by atoms with E-state index in [4.69, 9.17) is 16.3 Å². The molecule has 1 saturated carbocycles. The lowest BCUT2D eigenvalue weighted by atomic mass is 10.0. The molecular weight excluding hydrogens is 324 g/mol. The second-order valence-electron chi connectivity index (χ2n) is 7.66. The maximum Gasteiger partial charge on any atom is 0.310 e. The molecular formula is C20H23ClO3. The highest BCUT2D eigenvalue weighted by Crippen LogP contribution is 2.69. The normalized spacial score (nSPS) is 30.8. The maximum atomic E-state index is 12.5. The van der Waals surface area contributed by atoms with Gasteiger partial charge < -0.3 is 4.74 Å². The lowest BCUT2D eigenvalue weighted by Gasteiger charge is -2.10. The summed E-state index contributed by atoms with van der Waals surface area (Å²) in [5.41, 5.74) is 1.42. The van der Waals surface area contributed by atoms with Crippen molar-refractivity contribution in [1.29, 1.82) is 0 Å². The summed E-state index contributed by atoms with van der Waals surface area (Å²) >= 11 is 6.04. The van der Waals surface area contributed by atoms with Crippen molar-refractivity contribution in [3.05, 3.63) is 47.5 Å². The fourth-order valence-electron chi connectivity index (χ4n) is 3.83. The molecule has 3 atom stereocenters. The van der Waals surface area contributed by atoms with E-state index in [2.05, 4.69) is 0 Å². The number of halogens is 1. The Kier molecular flexibility index (Phi) is 4.33. The van der Waals surface area contributed by atoms with E-state index in [0.29, 0.717) is 12.3 Å². The van der Waals surface area contributed by atoms with Crippen molar-refractivity contribution in [3.8, 4) is 0 Å². The number of ketones is 1.